The molecule has 1 unspecified atom stereocenters. The molecule has 0 saturated heterocycles. The van der Waals surface area contributed by atoms with E-state index in [1.54, 1.807) is 18.2 Å². The van der Waals surface area contributed by atoms with Gasteiger partial charge in [-0.25, -0.2) is 0 Å². The summed E-state index contributed by atoms with van der Waals surface area (Å²) >= 11 is 3.25. The average Bonchev–Trinajstić information content (AvgIpc) is 2.16. The lowest BCUT2D eigenvalue weighted by Gasteiger charge is -2.09. The molecule has 0 aliphatic carbocycles. The zero-order valence-corrected chi connectivity index (χ0v) is 9.11. The van der Waals surface area contributed by atoms with E-state index in [2.05, 4.69) is 15.9 Å². The van der Waals surface area contributed by atoms with Crippen molar-refractivity contribution in [3.8, 4) is 5.75 Å². The molecule has 14 heavy (non-hydrogen) atoms. The molecule has 3 N–H and O–H groups in total. The van der Waals surface area contributed by atoms with Crippen molar-refractivity contribution in [3.05, 3.63) is 28.2 Å². The van der Waals surface area contributed by atoms with Crippen LogP contribution >= 0.6 is 15.9 Å². The summed E-state index contributed by atoms with van der Waals surface area (Å²) in [7, 11) is 1.54. The van der Waals surface area contributed by atoms with Gasteiger partial charge in [0.15, 0.2) is 0 Å². The second-order valence-corrected chi connectivity index (χ2v) is 3.56. The van der Waals surface area contributed by atoms with E-state index < -0.39 is 12.0 Å². The normalized spacial score (nSPS) is 12.2. The molecule has 1 rings (SSSR count). The van der Waals surface area contributed by atoms with E-state index in [9.17, 15) is 4.79 Å². The van der Waals surface area contributed by atoms with Gasteiger partial charge in [0.2, 0.25) is 0 Å². The molecule has 1 atom stereocenters. The minimum Gasteiger partial charge on any atom is -0.496 e. The van der Waals surface area contributed by atoms with E-state index in [-0.39, 0.29) is 0 Å². The smallest absolute Gasteiger partial charge is 0.325 e. The first kappa shape index (κ1) is 11.0. The maximum atomic E-state index is 10.6. The van der Waals surface area contributed by atoms with Gasteiger partial charge in [-0.3, -0.25) is 4.79 Å². The predicted octanol–water partition coefficient (Wildman–Crippen LogP) is 1.54. The number of halogens is 1. The van der Waals surface area contributed by atoms with Crippen LogP contribution in [0.2, 0.25) is 0 Å². The van der Waals surface area contributed by atoms with Crippen LogP contribution in [0.1, 0.15) is 11.6 Å². The number of methoxy groups -OCH3 is 1. The second kappa shape index (κ2) is 4.43. The Hall–Kier alpha value is -1.07. The highest BCUT2D eigenvalue weighted by atomic mass is 79.9. The Morgan fingerprint density at radius 1 is 1.64 bits per heavy atom. The molecule has 4 nitrogen and oxygen atoms in total. The van der Waals surface area contributed by atoms with Crippen LogP contribution in [0.3, 0.4) is 0 Å². The van der Waals surface area contributed by atoms with Gasteiger partial charge in [0.25, 0.3) is 0 Å². The Bertz CT molecular complexity index is 354. The third-order valence-corrected chi connectivity index (χ3v) is 2.42. The summed E-state index contributed by atoms with van der Waals surface area (Å²) in [6.07, 6.45) is 0. The van der Waals surface area contributed by atoms with E-state index in [0.717, 1.165) is 0 Å². The molecule has 0 aromatic heterocycles. The number of carbonyl (C=O) groups is 1. The number of rotatable bonds is 3. The molecule has 0 amide bonds. The topological polar surface area (TPSA) is 72.5 Å². The van der Waals surface area contributed by atoms with Crippen molar-refractivity contribution in [1.29, 1.82) is 0 Å². The Labute approximate surface area is 89.8 Å². The van der Waals surface area contributed by atoms with Gasteiger partial charge in [-0.05, 0) is 33.6 Å². The van der Waals surface area contributed by atoms with Crippen LogP contribution in [0.15, 0.2) is 22.7 Å². The van der Waals surface area contributed by atoms with E-state index in [0.29, 0.717) is 15.8 Å². The highest BCUT2D eigenvalue weighted by Gasteiger charge is 2.15. The van der Waals surface area contributed by atoms with E-state index in [1.165, 1.54) is 7.11 Å². The molecular formula is C9H10BrNO3. The number of hydrogen-bond donors (Lipinski definition) is 2. The maximum Gasteiger partial charge on any atom is 0.325 e. The van der Waals surface area contributed by atoms with Crippen LogP contribution in [0.5, 0.6) is 5.75 Å². The number of nitrogens with two attached hydrogens (primary N) is 1. The number of carboxylic acid groups (broad SMARTS) is 1. The minimum absolute atomic E-state index is 0.533. The zero-order chi connectivity index (χ0) is 10.7. The Kier molecular flexibility index (Phi) is 3.49. The van der Waals surface area contributed by atoms with Crippen LogP contribution in [0.25, 0.3) is 0 Å². The third kappa shape index (κ3) is 2.24. The lowest BCUT2D eigenvalue weighted by atomic mass is 10.1. The predicted molar refractivity (Wildman–Crippen MR) is 55.3 cm³/mol. The second-order valence-electron chi connectivity index (χ2n) is 2.71. The first-order valence-corrected chi connectivity index (χ1v) is 4.67. The molecule has 0 fully saturated rings. The zero-order valence-electron chi connectivity index (χ0n) is 7.53. The molecule has 0 radical (unpaired) electrons. The highest BCUT2D eigenvalue weighted by molar-refractivity contribution is 9.10. The van der Waals surface area contributed by atoms with Crippen molar-refractivity contribution in [3.63, 3.8) is 0 Å². The fourth-order valence-electron chi connectivity index (χ4n) is 1.02. The van der Waals surface area contributed by atoms with Gasteiger partial charge in [-0.15, -0.1) is 0 Å². The molecule has 0 heterocycles. The summed E-state index contributed by atoms with van der Waals surface area (Å²) in [6.45, 7) is 0. The van der Waals surface area contributed by atoms with Crippen molar-refractivity contribution in [2.24, 2.45) is 5.73 Å². The molecule has 0 aliphatic heterocycles. The van der Waals surface area contributed by atoms with E-state index in [4.69, 9.17) is 15.6 Å². The minimum atomic E-state index is -1.05. The summed E-state index contributed by atoms with van der Waals surface area (Å²) in [5.74, 6) is -0.409. The SMILES string of the molecule is COc1ccc(C(N)C(=O)O)cc1Br. The maximum absolute atomic E-state index is 10.6. The first-order valence-electron chi connectivity index (χ1n) is 3.88. The monoisotopic (exact) mass is 259 g/mol. The number of aliphatic carboxylic acids is 1. The molecule has 1 aromatic rings. The van der Waals surface area contributed by atoms with Crippen molar-refractivity contribution < 1.29 is 14.6 Å². The number of hydrogen-bond acceptors (Lipinski definition) is 3. The van der Waals surface area contributed by atoms with Crippen LogP contribution in [-0.2, 0) is 4.79 Å². The average molecular weight is 260 g/mol. The van der Waals surface area contributed by atoms with Crippen LogP contribution < -0.4 is 10.5 Å². The van der Waals surface area contributed by atoms with Gasteiger partial charge >= 0.3 is 5.97 Å². The van der Waals surface area contributed by atoms with E-state index >= 15 is 0 Å². The van der Waals surface area contributed by atoms with Gasteiger partial charge in [0.05, 0.1) is 11.6 Å². The molecule has 0 aliphatic rings. The molecule has 0 bridgehead atoms. The number of benzene rings is 1. The Balaban J connectivity index is 3.02. The standard InChI is InChI=1S/C9H10BrNO3/c1-14-7-3-2-5(4-6(7)10)8(11)9(12)13/h2-4,8H,11H2,1H3,(H,12,13). The fourth-order valence-corrected chi connectivity index (χ4v) is 1.58. The van der Waals surface area contributed by atoms with Gasteiger partial charge < -0.3 is 15.6 Å². The lowest BCUT2D eigenvalue weighted by molar-refractivity contribution is -0.138. The first-order chi connectivity index (χ1) is 6.56. The van der Waals surface area contributed by atoms with Crippen molar-refractivity contribution in [2.45, 2.75) is 6.04 Å². The summed E-state index contributed by atoms with van der Waals surface area (Å²) in [5, 5.41) is 8.68. The van der Waals surface area contributed by atoms with Gasteiger partial charge in [0.1, 0.15) is 11.8 Å². The quantitative estimate of drug-likeness (QED) is 0.864. The molecule has 76 valence electrons. The number of carboxylic acids is 1. The highest BCUT2D eigenvalue weighted by Crippen LogP contribution is 2.27. The molecule has 0 saturated carbocycles. The van der Waals surface area contributed by atoms with E-state index in [1.807, 2.05) is 0 Å². The largest absolute Gasteiger partial charge is 0.496 e. The molecule has 5 heteroatoms. The third-order valence-electron chi connectivity index (χ3n) is 1.80. The molecular weight excluding hydrogens is 250 g/mol. The summed E-state index contributed by atoms with van der Waals surface area (Å²) in [5.41, 5.74) is 5.97. The van der Waals surface area contributed by atoms with Gasteiger partial charge in [-0.2, -0.15) is 0 Å². The number of ether oxygens (including phenoxy) is 1. The van der Waals surface area contributed by atoms with Crippen molar-refractivity contribution in [1.82, 2.24) is 0 Å². The lowest BCUT2D eigenvalue weighted by Crippen LogP contribution is -2.20. The van der Waals surface area contributed by atoms with Crippen LogP contribution in [0, 0.1) is 0 Å². The summed E-state index contributed by atoms with van der Waals surface area (Å²) in [4.78, 5) is 10.6. The van der Waals surface area contributed by atoms with Gasteiger partial charge in [-0.1, -0.05) is 6.07 Å². The van der Waals surface area contributed by atoms with Crippen molar-refractivity contribution in [2.75, 3.05) is 7.11 Å². The Morgan fingerprint density at radius 3 is 2.71 bits per heavy atom. The molecule has 1 aromatic carbocycles. The van der Waals surface area contributed by atoms with Crippen molar-refractivity contribution >= 4 is 21.9 Å². The summed E-state index contributed by atoms with van der Waals surface area (Å²) in [6, 6.07) is 3.93. The van der Waals surface area contributed by atoms with Crippen LogP contribution in [0.4, 0.5) is 0 Å². The fraction of sp³-hybridized carbons (Fsp3) is 0.222. The summed E-state index contributed by atoms with van der Waals surface area (Å²) < 4.78 is 5.69. The Morgan fingerprint density at radius 2 is 2.29 bits per heavy atom. The van der Waals surface area contributed by atoms with Gasteiger partial charge in [0, 0.05) is 0 Å². The molecule has 0 spiro atoms. The van der Waals surface area contributed by atoms with Crippen LogP contribution in [-0.4, -0.2) is 18.2 Å².